The lowest BCUT2D eigenvalue weighted by Crippen LogP contribution is -2.48. The number of carbonyl (C=O) groups excluding carboxylic acids is 1. The number of piperidine rings is 2. The molecule has 4 rings (SSSR count). The van der Waals surface area contributed by atoms with Gasteiger partial charge in [0.2, 0.25) is 15.9 Å². The normalized spacial score (nSPS) is 26.3. The molecule has 8 heteroatoms. The predicted molar refractivity (Wildman–Crippen MR) is 108 cm³/mol. The van der Waals surface area contributed by atoms with Gasteiger partial charge in [0.1, 0.15) is 13.2 Å². The zero-order valence-corrected chi connectivity index (χ0v) is 18.0. The molecule has 0 aromatic heterocycles. The minimum atomic E-state index is -3.61. The third-order valence-electron chi connectivity index (χ3n) is 6.14. The average Bonchev–Trinajstić information content (AvgIpc) is 2.72. The zero-order valence-electron chi connectivity index (χ0n) is 17.2. The van der Waals surface area contributed by atoms with Gasteiger partial charge in [-0.05, 0) is 43.2 Å². The molecule has 0 N–H and O–H groups in total. The fourth-order valence-electron chi connectivity index (χ4n) is 4.78. The Morgan fingerprint density at radius 1 is 1.00 bits per heavy atom. The molecule has 0 spiro atoms. The molecule has 1 aromatic rings. The van der Waals surface area contributed by atoms with E-state index in [1.54, 1.807) is 12.1 Å². The van der Waals surface area contributed by atoms with Crippen LogP contribution >= 0.6 is 0 Å². The summed E-state index contributed by atoms with van der Waals surface area (Å²) in [7, 11) is -3.61. The Hall–Kier alpha value is -1.80. The highest BCUT2D eigenvalue weighted by Gasteiger charge is 2.36. The molecule has 0 bridgehead atoms. The maximum Gasteiger partial charge on any atom is 0.243 e. The molecule has 29 heavy (non-hydrogen) atoms. The molecule has 7 nitrogen and oxygen atoms in total. The molecule has 2 saturated heterocycles. The van der Waals surface area contributed by atoms with E-state index in [1.807, 2.05) is 4.90 Å². The van der Waals surface area contributed by atoms with Crippen LogP contribution in [0.2, 0.25) is 0 Å². The van der Waals surface area contributed by atoms with Crippen molar-refractivity contribution >= 4 is 15.9 Å². The van der Waals surface area contributed by atoms with Crippen LogP contribution in [0.4, 0.5) is 0 Å². The van der Waals surface area contributed by atoms with Crippen LogP contribution in [0.15, 0.2) is 23.1 Å². The summed E-state index contributed by atoms with van der Waals surface area (Å²) in [5.74, 6) is 2.20. The second-order valence-corrected chi connectivity index (χ2v) is 10.6. The summed E-state index contributed by atoms with van der Waals surface area (Å²) in [5, 5.41) is 0. The molecule has 0 saturated carbocycles. The first-order chi connectivity index (χ1) is 13.8. The van der Waals surface area contributed by atoms with Crippen molar-refractivity contribution in [2.24, 2.45) is 17.8 Å². The van der Waals surface area contributed by atoms with Gasteiger partial charge in [0, 0.05) is 38.2 Å². The van der Waals surface area contributed by atoms with Crippen LogP contribution in [-0.2, 0) is 14.8 Å². The third-order valence-corrected chi connectivity index (χ3v) is 8.03. The van der Waals surface area contributed by atoms with Gasteiger partial charge in [-0.2, -0.15) is 4.31 Å². The molecule has 0 radical (unpaired) electrons. The lowest BCUT2D eigenvalue weighted by atomic mass is 9.89. The average molecular weight is 423 g/mol. The summed E-state index contributed by atoms with van der Waals surface area (Å²) < 4.78 is 38.6. The highest BCUT2D eigenvalue weighted by Crippen LogP contribution is 2.34. The van der Waals surface area contributed by atoms with Crippen molar-refractivity contribution in [3.8, 4) is 11.5 Å². The molecular weight excluding hydrogens is 392 g/mol. The number of amides is 1. The third kappa shape index (κ3) is 4.23. The fraction of sp³-hybridized carbons (Fsp3) is 0.667. The van der Waals surface area contributed by atoms with Gasteiger partial charge < -0.3 is 14.4 Å². The van der Waals surface area contributed by atoms with E-state index in [0.29, 0.717) is 62.5 Å². The Labute approximate surface area is 173 Å². The minimum Gasteiger partial charge on any atom is -0.486 e. The Morgan fingerprint density at radius 3 is 2.28 bits per heavy atom. The van der Waals surface area contributed by atoms with E-state index in [9.17, 15) is 13.2 Å². The van der Waals surface area contributed by atoms with Gasteiger partial charge in [0.15, 0.2) is 11.5 Å². The van der Waals surface area contributed by atoms with Gasteiger partial charge in [-0.3, -0.25) is 4.79 Å². The largest absolute Gasteiger partial charge is 0.486 e. The highest BCUT2D eigenvalue weighted by molar-refractivity contribution is 7.89. The van der Waals surface area contributed by atoms with Gasteiger partial charge >= 0.3 is 0 Å². The monoisotopic (exact) mass is 422 g/mol. The SMILES string of the molecule is C[C@@H]1C[C@@H](C)CN(C(=O)C2CCN(S(=O)(=O)c3ccc4c(c3)OCCO4)CC2)C1. The van der Waals surface area contributed by atoms with Gasteiger partial charge in [0.25, 0.3) is 0 Å². The van der Waals surface area contributed by atoms with Gasteiger partial charge in [-0.15, -0.1) is 0 Å². The van der Waals surface area contributed by atoms with Crippen molar-refractivity contribution < 1.29 is 22.7 Å². The van der Waals surface area contributed by atoms with Crippen LogP contribution in [0.5, 0.6) is 11.5 Å². The van der Waals surface area contributed by atoms with E-state index in [-0.39, 0.29) is 16.7 Å². The molecule has 0 aliphatic carbocycles. The fourth-order valence-corrected chi connectivity index (χ4v) is 6.26. The molecule has 3 heterocycles. The van der Waals surface area contributed by atoms with Crippen LogP contribution in [0, 0.1) is 17.8 Å². The van der Waals surface area contributed by atoms with Crippen LogP contribution in [0.3, 0.4) is 0 Å². The van der Waals surface area contributed by atoms with Crippen molar-refractivity contribution in [3.63, 3.8) is 0 Å². The van der Waals surface area contributed by atoms with E-state index < -0.39 is 10.0 Å². The molecule has 0 unspecified atom stereocenters. The molecular formula is C21H30N2O5S. The van der Waals surface area contributed by atoms with E-state index in [0.717, 1.165) is 19.5 Å². The first-order valence-corrected chi connectivity index (χ1v) is 12.0. The number of likely N-dealkylation sites (tertiary alicyclic amines) is 1. The molecule has 1 amide bonds. The van der Waals surface area contributed by atoms with Crippen molar-refractivity contribution in [2.75, 3.05) is 39.4 Å². The minimum absolute atomic E-state index is 0.0841. The van der Waals surface area contributed by atoms with Crippen LogP contribution in [-0.4, -0.2) is 62.9 Å². The Kier molecular flexibility index (Phi) is 5.75. The molecule has 1 aromatic carbocycles. The maximum atomic E-state index is 13.1. The number of rotatable bonds is 3. The molecule has 3 aliphatic rings. The summed E-state index contributed by atoms with van der Waals surface area (Å²) in [6, 6.07) is 4.75. The summed E-state index contributed by atoms with van der Waals surface area (Å²) in [6.07, 6.45) is 2.31. The summed E-state index contributed by atoms with van der Waals surface area (Å²) in [6.45, 7) is 7.64. The number of nitrogens with zero attached hydrogens (tertiary/aromatic N) is 2. The number of hydrogen-bond donors (Lipinski definition) is 0. The second-order valence-electron chi connectivity index (χ2n) is 8.67. The number of carbonyl (C=O) groups is 1. The lowest BCUT2D eigenvalue weighted by Gasteiger charge is -2.39. The van der Waals surface area contributed by atoms with Crippen molar-refractivity contribution in [2.45, 2.75) is 38.0 Å². The number of fused-ring (bicyclic) bond motifs is 1. The summed E-state index contributed by atoms with van der Waals surface area (Å²) >= 11 is 0. The standard InChI is InChI=1S/C21H30N2O5S/c1-15-11-16(2)14-22(13-15)21(24)17-5-7-23(8-6-17)29(25,26)18-3-4-19-20(12-18)28-10-9-27-19/h3-4,12,15-17H,5-11,13-14H2,1-2H3/t15-,16-/m1/s1. The number of hydrogen-bond acceptors (Lipinski definition) is 5. The molecule has 2 fully saturated rings. The zero-order chi connectivity index (χ0) is 20.6. The smallest absolute Gasteiger partial charge is 0.243 e. The topological polar surface area (TPSA) is 76.2 Å². The maximum absolute atomic E-state index is 13.1. The second kappa shape index (κ2) is 8.14. The van der Waals surface area contributed by atoms with Crippen molar-refractivity contribution in [3.05, 3.63) is 18.2 Å². The molecule has 3 aliphatic heterocycles. The van der Waals surface area contributed by atoms with E-state index >= 15 is 0 Å². The first-order valence-electron chi connectivity index (χ1n) is 10.5. The van der Waals surface area contributed by atoms with E-state index in [4.69, 9.17) is 9.47 Å². The van der Waals surface area contributed by atoms with Crippen LogP contribution in [0.1, 0.15) is 33.1 Å². The molecule has 160 valence electrons. The lowest BCUT2D eigenvalue weighted by molar-refractivity contribution is -0.139. The van der Waals surface area contributed by atoms with Crippen molar-refractivity contribution in [1.29, 1.82) is 0 Å². The number of benzene rings is 1. The van der Waals surface area contributed by atoms with Crippen molar-refractivity contribution in [1.82, 2.24) is 9.21 Å². The van der Waals surface area contributed by atoms with Gasteiger partial charge in [-0.25, -0.2) is 8.42 Å². The Balaban J connectivity index is 1.40. The van der Waals surface area contributed by atoms with Crippen LogP contribution < -0.4 is 9.47 Å². The van der Waals surface area contributed by atoms with E-state index in [2.05, 4.69) is 13.8 Å². The predicted octanol–water partition coefficient (Wildman–Crippen LogP) is 2.36. The Morgan fingerprint density at radius 2 is 1.62 bits per heavy atom. The summed E-state index contributed by atoms with van der Waals surface area (Å²) in [5.41, 5.74) is 0. The van der Waals surface area contributed by atoms with E-state index in [1.165, 1.54) is 10.4 Å². The quantitative estimate of drug-likeness (QED) is 0.748. The first kappa shape index (κ1) is 20.5. The molecule has 2 atom stereocenters. The number of ether oxygens (including phenoxy) is 2. The Bertz CT molecular complexity index is 854. The highest BCUT2D eigenvalue weighted by atomic mass is 32.2. The number of sulfonamides is 1. The van der Waals surface area contributed by atoms with Crippen LogP contribution in [0.25, 0.3) is 0 Å². The summed E-state index contributed by atoms with van der Waals surface area (Å²) in [4.78, 5) is 15.2. The van der Waals surface area contributed by atoms with Gasteiger partial charge in [0.05, 0.1) is 4.90 Å². The van der Waals surface area contributed by atoms with Gasteiger partial charge in [-0.1, -0.05) is 13.8 Å².